The molecule has 0 bridgehead atoms. The number of rotatable bonds is 6. The molecule has 0 radical (unpaired) electrons. The SMILES string of the molecule is CC(=O)c1ccc(S(=O)(=O)N(C)CC(=O)N2CCCN(c3nccs3)CC2)cc1. The average Bonchev–Trinajstić information content (AvgIpc) is 3.12. The van der Waals surface area contributed by atoms with Crippen molar-refractivity contribution < 1.29 is 18.0 Å². The van der Waals surface area contributed by atoms with Crippen molar-refractivity contribution in [2.24, 2.45) is 0 Å². The number of carbonyl (C=O) groups excluding carboxylic acids is 2. The van der Waals surface area contributed by atoms with Gasteiger partial charge in [0.2, 0.25) is 15.9 Å². The summed E-state index contributed by atoms with van der Waals surface area (Å²) in [7, 11) is -2.42. The van der Waals surface area contributed by atoms with Crippen molar-refractivity contribution in [1.82, 2.24) is 14.2 Å². The molecule has 1 fully saturated rings. The van der Waals surface area contributed by atoms with E-state index in [0.717, 1.165) is 22.4 Å². The summed E-state index contributed by atoms with van der Waals surface area (Å²) in [5, 5.41) is 2.86. The lowest BCUT2D eigenvalue weighted by atomic mass is 10.2. The molecule has 1 aromatic heterocycles. The van der Waals surface area contributed by atoms with Crippen LogP contribution >= 0.6 is 11.3 Å². The summed E-state index contributed by atoms with van der Waals surface area (Å²) in [5.74, 6) is -0.358. The van der Waals surface area contributed by atoms with E-state index in [1.165, 1.54) is 38.2 Å². The molecule has 3 rings (SSSR count). The van der Waals surface area contributed by atoms with Gasteiger partial charge in [0.1, 0.15) is 0 Å². The number of aromatic nitrogens is 1. The lowest BCUT2D eigenvalue weighted by Crippen LogP contribution is -2.42. The minimum absolute atomic E-state index is 0.0589. The van der Waals surface area contributed by atoms with E-state index in [9.17, 15) is 18.0 Å². The van der Waals surface area contributed by atoms with Crippen LogP contribution in [0.2, 0.25) is 0 Å². The molecular weight excluding hydrogens is 412 g/mol. The molecule has 1 aromatic carbocycles. The van der Waals surface area contributed by atoms with E-state index in [1.807, 2.05) is 5.38 Å². The zero-order valence-electron chi connectivity index (χ0n) is 16.4. The van der Waals surface area contributed by atoms with Gasteiger partial charge in [-0.15, -0.1) is 11.3 Å². The normalized spacial score (nSPS) is 15.4. The van der Waals surface area contributed by atoms with Crippen molar-refractivity contribution in [3.63, 3.8) is 0 Å². The predicted molar refractivity (Wildman–Crippen MR) is 112 cm³/mol. The Morgan fingerprint density at radius 2 is 1.86 bits per heavy atom. The van der Waals surface area contributed by atoms with Crippen LogP contribution < -0.4 is 4.90 Å². The van der Waals surface area contributed by atoms with Crippen molar-refractivity contribution >= 4 is 38.2 Å². The number of sulfonamides is 1. The minimum Gasteiger partial charge on any atom is -0.346 e. The Morgan fingerprint density at radius 1 is 1.14 bits per heavy atom. The molecule has 10 heteroatoms. The number of nitrogens with zero attached hydrogens (tertiary/aromatic N) is 4. The van der Waals surface area contributed by atoms with E-state index in [0.29, 0.717) is 25.2 Å². The second kappa shape index (κ2) is 9.02. The number of Topliss-reactive ketones (excluding diaryl/α,β-unsaturated/α-hetero) is 1. The average molecular weight is 437 g/mol. The monoisotopic (exact) mass is 436 g/mol. The van der Waals surface area contributed by atoms with Gasteiger partial charge >= 0.3 is 0 Å². The fraction of sp³-hybridized carbons (Fsp3) is 0.421. The molecule has 2 heterocycles. The first-order chi connectivity index (χ1) is 13.8. The predicted octanol–water partition coefficient (Wildman–Crippen LogP) is 1.71. The fourth-order valence-electron chi connectivity index (χ4n) is 3.15. The molecular formula is C19H24N4O4S2. The highest BCUT2D eigenvalue weighted by molar-refractivity contribution is 7.89. The second-order valence-corrected chi connectivity index (χ2v) is 9.80. The maximum atomic E-state index is 12.8. The van der Waals surface area contributed by atoms with Crippen molar-refractivity contribution in [2.45, 2.75) is 18.2 Å². The first-order valence-corrected chi connectivity index (χ1v) is 11.6. The van der Waals surface area contributed by atoms with Gasteiger partial charge < -0.3 is 9.80 Å². The smallest absolute Gasteiger partial charge is 0.243 e. The van der Waals surface area contributed by atoms with Crippen LogP contribution in [0.4, 0.5) is 5.13 Å². The van der Waals surface area contributed by atoms with Crippen LogP contribution in [-0.2, 0) is 14.8 Å². The Labute approximate surface area is 174 Å². The number of hydrogen-bond acceptors (Lipinski definition) is 7. The molecule has 0 unspecified atom stereocenters. The largest absolute Gasteiger partial charge is 0.346 e. The maximum absolute atomic E-state index is 12.8. The molecule has 1 aliphatic rings. The van der Waals surface area contributed by atoms with Gasteiger partial charge in [-0.1, -0.05) is 12.1 Å². The van der Waals surface area contributed by atoms with Crippen LogP contribution in [-0.4, -0.2) is 74.1 Å². The van der Waals surface area contributed by atoms with E-state index in [1.54, 1.807) is 22.4 Å². The van der Waals surface area contributed by atoms with Crippen molar-refractivity contribution in [3.8, 4) is 0 Å². The van der Waals surface area contributed by atoms with Crippen LogP contribution in [0.5, 0.6) is 0 Å². The maximum Gasteiger partial charge on any atom is 0.243 e. The standard InChI is InChI=1S/C19H24N4O4S2/c1-15(24)16-4-6-17(7-5-16)29(26,27)21(2)14-18(25)22-9-3-10-23(12-11-22)19-20-8-13-28-19/h4-8,13H,3,9-12,14H2,1-2H3. The highest BCUT2D eigenvalue weighted by atomic mass is 32.2. The zero-order chi connectivity index (χ0) is 21.0. The molecule has 29 heavy (non-hydrogen) atoms. The van der Waals surface area contributed by atoms with Crippen LogP contribution in [0.25, 0.3) is 0 Å². The third kappa shape index (κ3) is 5.01. The summed E-state index contributed by atoms with van der Waals surface area (Å²) in [6, 6.07) is 5.75. The van der Waals surface area contributed by atoms with E-state index >= 15 is 0 Å². The molecule has 1 amide bonds. The van der Waals surface area contributed by atoms with Crippen LogP contribution in [0, 0.1) is 0 Å². The summed E-state index contributed by atoms with van der Waals surface area (Å²) in [6.07, 6.45) is 2.56. The van der Waals surface area contributed by atoms with Crippen LogP contribution in [0.15, 0.2) is 40.7 Å². The number of likely N-dealkylation sites (N-methyl/N-ethyl adjacent to an activating group) is 1. The van der Waals surface area contributed by atoms with E-state index in [4.69, 9.17) is 0 Å². The zero-order valence-corrected chi connectivity index (χ0v) is 18.1. The lowest BCUT2D eigenvalue weighted by Gasteiger charge is -2.24. The van der Waals surface area contributed by atoms with Gasteiger partial charge in [0, 0.05) is 50.4 Å². The first-order valence-electron chi connectivity index (χ1n) is 9.28. The van der Waals surface area contributed by atoms with Crippen molar-refractivity contribution in [1.29, 1.82) is 0 Å². The highest BCUT2D eigenvalue weighted by Crippen LogP contribution is 2.20. The van der Waals surface area contributed by atoms with Crippen molar-refractivity contribution in [3.05, 3.63) is 41.4 Å². The molecule has 156 valence electrons. The first kappa shape index (κ1) is 21.4. The number of anilines is 1. The molecule has 1 aliphatic heterocycles. The Kier molecular flexibility index (Phi) is 6.66. The number of thiazole rings is 1. The molecule has 0 N–H and O–H groups in total. The summed E-state index contributed by atoms with van der Waals surface area (Å²) in [5.41, 5.74) is 0.442. The molecule has 0 atom stereocenters. The molecule has 8 nitrogen and oxygen atoms in total. The number of benzene rings is 1. The highest BCUT2D eigenvalue weighted by Gasteiger charge is 2.26. The molecule has 2 aromatic rings. The van der Waals surface area contributed by atoms with Gasteiger partial charge in [-0.3, -0.25) is 9.59 Å². The molecule has 0 aliphatic carbocycles. The Balaban J connectivity index is 1.62. The summed E-state index contributed by atoms with van der Waals surface area (Å²) in [6.45, 7) is 3.79. The van der Waals surface area contributed by atoms with Crippen LogP contribution in [0.1, 0.15) is 23.7 Å². The Bertz CT molecular complexity index is 959. The summed E-state index contributed by atoms with van der Waals surface area (Å²) >= 11 is 1.57. The number of ketones is 1. The molecule has 0 spiro atoms. The van der Waals surface area contributed by atoms with Crippen molar-refractivity contribution in [2.75, 3.05) is 44.7 Å². The molecule has 0 saturated carbocycles. The van der Waals surface area contributed by atoms with E-state index in [-0.39, 0.29) is 23.1 Å². The quantitative estimate of drug-likeness (QED) is 0.640. The van der Waals surface area contributed by atoms with Gasteiger partial charge in [0.25, 0.3) is 0 Å². The van der Waals surface area contributed by atoms with Gasteiger partial charge in [0.15, 0.2) is 10.9 Å². The third-order valence-electron chi connectivity index (χ3n) is 4.87. The number of amides is 1. The van der Waals surface area contributed by atoms with E-state index in [2.05, 4.69) is 9.88 Å². The second-order valence-electron chi connectivity index (χ2n) is 6.88. The number of carbonyl (C=O) groups is 2. The Hall–Kier alpha value is -2.30. The van der Waals surface area contributed by atoms with Gasteiger partial charge in [-0.05, 0) is 25.5 Å². The summed E-state index contributed by atoms with van der Waals surface area (Å²) < 4.78 is 26.6. The Morgan fingerprint density at radius 3 is 2.48 bits per heavy atom. The topological polar surface area (TPSA) is 90.9 Å². The fourth-order valence-corrected chi connectivity index (χ4v) is 4.96. The molecule has 1 saturated heterocycles. The van der Waals surface area contributed by atoms with Gasteiger partial charge in [-0.2, -0.15) is 4.31 Å². The van der Waals surface area contributed by atoms with Gasteiger partial charge in [0.05, 0.1) is 11.4 Å². The third-order valence-corrected chi connectivity index (χ3v) is 7.52. The minimum atomic E-state index is -3.81. The lowest BCUT2D eigenvalue weighted by molar-refractivity contribution is -0.131. The van der Waals surface area contributed by atoms with Gasteiger partial charge in [-0.25, -0.2) is 13.4 Å². The van der Waals surface area contributed by atoms with Crippen LogP contribution in [0.3, 0.4) is 0 Å². The number of hydrogen-bond donors (Lipinski definition) is 0. The summed E-state index contributed by atoms with van der Waals surface area (Å²) in [4.78, 5) is 32.3. The van der Waals surface area contributed by atoms with E-state index < -0.39 is 10.0 Å².